The van der Waals surface area contributed by atoms with Crippen molar-refractivity contribution in [3.8, 4) is 10.7 Å². The van der Waals surface area contributed by atoms with Crippen LogP contribution in [0.25, 0.3) is 10.7 Å². The number of carboxylic acids is 1. The predicted octanol–water partition coefficient (Wildman–Crippen LogP) is 2.36. The van der Waals surface area contributed by atoms with Crippen LogP contribution in [-0.4, -0.2) is 28.2 Å². The second-order valence-corrected chi connectivity index (χ2v) is 4.75. The molecule has 0 radical (unpaired) electrons. The predicted molar refractivity (Wildman–Crippen MR) is 67.8 cm³/mol. The molecule has 94 valence electrons. The Hall–Kier alpha value is -1.79. The van der Waals surface area contributed by atoms with Gasteiger partial charge in [-0.2, -0.15) is 0 Å². The Balaban J connectivity index is 2.42. The number of rotatable bonds is 4. The molecular formula is C12H12N2O3S. The second-order valence-electron chi connectivity index (χ2n) is 3.75. The number of pyridine rings is 1. The van der Waals surface area contributed by atoms with Crippen LogP contribution in [0.4, 0.5) is 0 Å². The van der Waals surface area contributed by atoms with Crippen LogP contribution in [-0.2, 0) is 11.3 Å². The number of nitrogens with zero attached hydrogens (tertiary/aromatic N) is 2. The third-order valence-corrected chi connectivity index (χ3v) is 3.41. The molecule has 0 aliphatic carbocycles. The van der Waals surface area contributed by atoms with Crippen LogP contribution in [0.5, 0.6) is 0 Å². The molecule has 2 aromatic rings. The van der Waals surface area contributed by atoms with Crippen LogP contribution in [0.2, 0.25) is 0 Å². The third kappa shape index (κ3) is 2.55. The minimum absolute atomic E-state index is 0.185. The zero-order valence-corrected chi connectivity index (χ0v) is 10.8. The summed E-state index contributed by atoms with van der Waals surface area (Å²) in [6.45, 7) is 2.13. The lowest BCUT2D eigenvalue weighted by Gasteiger charge is -1.96. The van der Waals surface area contributed by atoms with E-state index in [1.807, 2.05) is 19.1 Å². The molecule has 5 nitrogen and oxygen atoms in total. The number of carbonyl (C=O) groups is 1. The molecule has 0 aromatic carbocycles. The highest BCUT2D eigenvalue weighted by Gasteiger charge is 2.18. The minimum atomic E-state index is -0.988. The number of carboxylic acid groups (broad SMARTS) is 1. The summed E-state index contributed by atoms with van der Waals surface area (Å²) in [6, 6.07) is 3.75. The summed E-state index contributed by atoms with van der Waals surface area (Å²) >= 11 is 1.11. The number of aromatic carboxylic acids is 1. The molecule has 0 fully saturated rings. The van der Waals surface area contributed by atoms with Gasteiger partial charge in [-0.1, -0.05) is 6.07 Å². The maximum atomic E-state index is 11.1. The van der Waals surface area contributed by atoms with Crippen molar-refractivity contribution in [2.45, 2.75) is 13.5 Å². The van der Waals surface area contributed by atoms with Crippen molar-refractivity contribution in [1.29, 1.82) is 0 Å². The standard InChI is InChI=1S/C12H12N2O3S/c1-7-3-4-8(13-5-7)11-14-9(6-17-2)10(18-11)12(15)16/h3-5H,6H2,1-2H3,(H,15,16). The average Bonchev–Trinajstić information content (AvgIpc) is 2.75. The van der Waals surface area contributed by atoms with Crippen molar-refractivity contribution in [2.24, 2.45) is 0 Å². The highest BCUT2D eigenvalue weighted by atomic mass is 32.1. The molecule has 18 heavy (non-hydrogen) atoms. The maximum Gasteiger partial charge on any atom is 0.347 e. The Morgan fingerprint density at radius 1 is 1.50 bits per heavy atom. The number of aromatic nitrogens is 2. The van der Waals surface area contributed by atoms with Gasteiger partial charge >= 0.3 is 5.97 Å². The van der Waals surface area contributed by atoms with E-state index in [1.54, 1.807) is 6.20 Å². The minimum Gasteiger partial charge on any atom is -0.477 e. The van der Waals surface area contributed by atoms with Gasteiger partial charge in [-0.3, -0.25) is 4.98 Å². The smallest absolute Gasteiger partial charge is 0.347 e. The molecule has 0 saturated heterocycles. The van der Waals surface area contributed by atoms with Gasteiger partial charge in [0.25, 0.3) is 0 Å². The SMILES string of the molecule is COCc1nc(-c2ccc(C)cn2)sc1C(=O)O. The van der Waals surface area contributed by atoms with Gasteiger partial charge in [0.05, 0.1) is 18.0 Å². The Morgan fingerprint density at radius 3 is 2.83 bits per heavy atom. The molecule has 0 spiro atoms. The summed E-state index contributed by atoms with van der Waals surface area (Å²) in [7, 11) is 1.51. The first-order valence-electron chi connectivity index (χ1n) is 5.26. The topological polar surface area (TPSA) is 72.3 Å². The van der Waals surface area contributed by atoms with Crippen molar-refractivity contribution in [3.63, 3.8) is 0 Å². The highest BCUT2D eigenvalue weighted by Crippen LogP contribution is 2.27. The summed E-state index contributed by atoms with van der Waals surface area (Å²) in [6.07, 6.45) is 1.73. The Kier molecular flexibility index (Phi) is 3.69. The fraction of sp³-hybridized carbons (Fsp3) is 0.250. The highest BCUT2D eigenvalue weighted by molar-refractivity contribution is 7.17. The van der Waals surface area contributed by atoms with Crippen LogP contribution in [0.1, 0.15) is 20.9 Å². The molecule has 0 aliphatic rings. The van der Waals surface area contributed by atoms with Crippen molar-refractivity contribution < 1.29 is 14.6 Å². The fourth-order valence-corrected chi connectivity index (χ4v) is 2.34. The maximum absolute atomic E-state index is 11.1. The zero-order valence-electron chi connectivity index (χ0n) is 10.0. The zero-order chi connectivity index (χ0) is 13.1. The van der Waals surface area contributed by atoms with E-state index in [9.17, 15) is 4.79 Å². The summed E-state index contributed by atoms with van der Waals surface area (Å²) in [5.41, 5.74) is 2.16. The van der Waals surface area contributed by atoms with E-state index in [1.165, 1.54) is 7.11 Å². The van der Waals surface area contributed by atoms with Crippen molar-refractivity contribution in [3.05, 3.63) is 34.5 Å². The number of hydrogen-bond acceptors (Lipinski definition) is 5. The monoisotopic (exact) mass is 264 g/mol. The van der Waals surface area contributed by atoms with Gasteiger partial charge < -0.3 is 9.84 Å². The third-order valence-electron chi connectivity index (χ3n) is 2.30. The summed E-state index contributed by atoms with van der Waals surface area (Å²) in [4.78, 5) is 19.8. The Morgan fingerprint density at radius 2 is 2.28 bits per heavy atom. The van der Waals surface area contributed by atoms with Crippen LogP contribution in [0.15, 0.2) is 18.3 Å². The lowest BCUT2D eigenvalue weighted by atomic mass is 10.3. The molecule has 0 amide bonds. The van der Waals surface area contributed by atoms with Crippen LogP contribution in [0, 0.1) is 6.92 Å². The quantitative estimate of drug-likeness (QED) is 0.917. The van der Waals surface area contributed by atoms with Gasteiger partial charge in [-0.15, -0.1) is 11.3 Å². The first kappa shape index (κ1) is 12.7. The molecule has 1 N–H and O–H groups in total. The molecule has 0 atom stereocenters. The average molecular weight is 264 g/mol. The summed E-state index contributed by atoms with van der Waals surface area (Å²) in [5, 5.41) is 9.69. The van der Waals surface area contributed by atoms with Crippen LogP contribution < -0.4 is 0 Å². The number of aryl methyl sites for hydroxylation is 1. The van der Waals surface area contributed by atoms with Crippen molar-refractivity contribution >= 4 is 17.3 Å². The number of methoxy groups -OCH3 is 1. The lowest BCUT2D eigenvalue weighted by Crippen LogP contribution is -1.99. The van der Waals surface area contributed by atoms with Gasteiger partial charge in [0.2, 0.25) is 0 Å². The van der Waals surface area contributed by atoms with Gasteiger partial charge in [-0.25, -0.2) is 9.78 Å². The fourth-order valence-electron chi connectivity index (χ4n) is 1.46. The van der Waals surface area contributed by atoms with Gasteiger partial charge in [0.15, 0.2) is 0 Å². The van der Waals surface area contributed by atoms with Crippen molar-refractivity contribution in [2.75, 3.05) is 7.11 Å². The van der Waals surface area contributed by atoms with E-state index in [2.05, 4.69) is 9.97 Å². The first-order valence-corrected chi connectivity index (χ1v) is 6.08. The van der Waals surface area contributed by atoms with E-state index in [4.69, 9.17) is 9.84 Å². The molecular weight excluding hydrogens is 252 g/mol. The van der Waals surface area contributed by atoms with E-state index < -0.39 is 5.97 Å². The largest absolute Gasteiger partial charge is 0.477 e. The first-order chi connectivity index (χ1) is 8.61. The molecule has 0 aliphatic heterocycles. The van der Waals surface area contributed by atoms with Crippen molar-refractivity contribution in [1.82, 2.24) is 9.97 Å². The number of ether oxygens (including phenoxy) is 1. The van der Waals surface area contributed by atoms with Crippen LogP contribution >= 0.6 is 11.3 Å². The van der Waals surface area contributed by atoms with Gasteiger partial charge in [-0.05, 0) is 18.6 Å². The molecule has 0 saturated carbocycles. The molecule has 2 aromatic heterocycles. The van der Waals surface area contributed by atoms with E-state index in [-0.39, 0.29) is 11.5 Å². The molecule has 2 heterocycles. The Bertz CT molecular complexity index is 563. The van der Waals surface area contributed by atoms with Crippen LogP contribution in [0.3, 0.4) is 0 Å². The number of hydrogen-bond donors (Lipinski definition) is 1. The lowest BCUT2D eigenvalue weighted by molar-refractivity contribution is 0.0697. The van der Waals surface area contributed by atoms with E-state index in [0.29, 0.717) is 16.4 Å². The normalized spacial score (nSPS) is 10.6. The Labute approximate surface area is 108 Å². The van der Waals surface area contributed by atoms with E-state index >= 15 is 0 Å². The molecule has 6 heteroatoms. The molecule has 0 bridgehead atoms. The number of thiazole rings is 1. The molecule has 2 rings (SSSR count). The van der Waals surface area contributed by atoms with E-state index in [0.717, 1.165) is 16.9 Å². The summed E-state index contributed by atoms with van der Waals surface area (Å²) < 4.78 is 4.95. The molecule has 0 unspecified atom stereocenters. The second kappa shape index (κ2) is 5.24. The summed E-state index contributed by atoms with van der Waals surface area (Å²) in [5.74, 6) is -0.988. The van der Waals surface area contributed by atoms with Gasteiger partial charge in [0, 0.05) is 13.3 Å². The van der Waals surface area contributed by atoms with Gasteiger partial charge in [0.1, 0.15) is 9.88 Å².